The summed E-state index contributed by atoms with van der Waals surface area (Å²) in [4.78, 5) is 0. The van der Waals surface area contributed by atoms with E-state index in [1.165, 1.54) is 12.8 Å². The van der Waals surface area contributed by atoms with Crippen LogP contribution in [0.4, 0.5) is 0 Å². The van der Waals surface area contributed by atoms with Crippen LogP contribution in [0.3, 0.4) is 0 Å². The minimum atomic E-state index is -1.73. The molecule has 0 amide bonds. The van der Waals surface area contributed by atoms with E-state index in [1.54, 1.807) is 0 Å². The highest BCUT2D eigenvalue weighted by Crippen LogP contribution is 2.34. The Morgan fingerprint density at radius 1 is 0.947 bits per heavy atom. The van der Waals surface area contributed by atoms with Gasteiger partial charge in [-0.2, -0.15) is 12.6 Å². The minimum absolute atomic E-state index is 0.0223. The van der Waals surface area contributed by atoms with Gasteiger partial charge in [0, 0.05) is 17.2 Å². The van der Waals surface area contributed by atoms with Gasteiger partial charge in [-0.1, -0.05) is 53.3 Å². The zero-order valence-corrected chi connectivity index (χ0v) is 16.8. The first-order valence-electron chi connectivity index (χ1n) is 7.79. The van der Waals surface area contributed by atoms with Gasteiger partial charge in [-0.05, 0) is 19.3 Å². The maximum absolute atomic E-state index is 6.19. The third-order valence-corrected chi connectivity index (χ3v) is 15.2. The molecule has 0 aromatic heterocycles. The lowest BCUT2D eigenvalue weighted by Gasteiger charge is -2.42. The fourth-order valence-electron chi connectivity index (χ4n) is 2.04. The van der Waals surface area contributed by atoms with Crippen molar-refractivity contribution in [3.63, 3.8) is 0 Å². The molecule has 0 unspecified atom stereocenters. The Kier molecular flexibility index (Phi) is 9.96. The fraction of sp³-hybridized carbons (Fsp3) is 1.00. The molecule has 0 N–H and O–H groups in total. The Bertz CT molecular complexity index is 224. The van der Waals surface area contributed by atoms with E-state index < -0.39 is 17.4 Å². The van der Waals surface area contributed by atoms with Crippen LogP contribution < -0.4 is 0 Å². The van der Waals surface area contributed by atoms with Crippen LogP contribution in [-0.4, -0.2) is 34.6 Å². The van der Waals surface area contributed by atoms with Gasteiger partial charge in [0.2, 0.25) is 0 Å². The van der Waals surface area contributed by atoms with Crippen molar-refractivity contribution in [2.75, 3.05) is 13.2 Å². The average molecular weight is 323 g/mol. The fourth-order valence-corrected chi connectivity index (χ4v) is 8.62. The van der Waals surface area contributed by atoms with Crippen LogP contribution in [0, 0.1) is 0 Å². The van der Waals surface area contributed by atoms with Crippen molar-refractivity contribution >= 4 is 30.0 Å². The summed E-state index contributed by atoms with van der Waals surface area (Å²) in [5.74, 6) is 0. The molecular formula is C14H34O2SSi2. The summed E-state index contributed by atoms with van der Waals surface area (Å²) >= 11 is 5.07. The molecule has 0 radical (unpaired) electrons. The summed E-state index contributed by atoms with van der Waals surface area (Å²) in [6, 6.07) is 0. The minimum Gasteiger partial charge on any atom is -0.396 e. The smallest absolute Gasteiger partial charge is 0.334 e. The average Bonchev–Trinajstić information content (AvgIpc) is 2.35. The Morgan fingerprint density at radius 3 is 1.63 bits per heavy atom. The Hall–Kier alpha value is 0.704. The van der Waals surface area contributed by atoms with Crippen LogP contribution in [0.25, 0.3) is 0 Å². The summed E-state index contributed by atoms with van der Waals surface area (Å²) < 4.78 is 12.4. The topological polar surface area (TPSA) is 18.5 Å². The van der Waals surface area contributed by atoms with E-state index in [0.29, 0.717) is 0 Å². The van der Waals surface area contributed by atoms with E-state index in [4.69, 9.17) is 21.5 Å². The molecule has 2 nitrogen and oxygen atoms in total. The molecule has 0 fully saturated rings. The Balaban J connectivity index is 4.75. The monoisotopic (exact) mass is 322 g/mol. The van der Waals surface area contributed by atoms with E-state index in [9.17, 15) is 0 Å². The van der Waals surface area contributed by atoms with Crippen LogP contribution in [0.2, 0.25) is 19.6 Å². The van der Waals surface area contributed by atoms with E-state index in [0.717, 1.165) is 32.5 Å². The zero-order valence-electron chi connectivity index (χ0n) is 13.8. The Morgan fingerprint density at radius 2 is 1.37 bits per heavy atom. The molecule has 0 rings (SSSR count). The van der Waals surface area contributed by atoms with Crippen LogP contribution in [0.5, 0.6) is 0 Å². The van der Waals surface area contributed by atoms with Crippen molar-refractivity contribution in [2.24, 2.45) is 0 Å². The lowest BCUT2D eigenvalue weighted by molar-refractivity contribution is 0.186. The summed E-state index contributed by atoms with van der Waals surface area (Å²) in [5, 5.41) is 0. The van der Waals surface area contributed by atoms with Gasteiger partial charge in [0.1, 0.15) is 0 Å². The second kappa shape index (κ2) is 9.61. The summed E-state index contributed by atoms with van der Waals surface area (Å²) in [6.07, 6.45) is 5.66. The molecule has 1 atom stereocenters. The second-order valence-corrected chi connectivity index (χ2v) is 16.3. The van der Waals surface area contributed by atoms with Gasteiger partial charge in [-0.15, -0.1) is 0 Å². The van der Waals surface area contributed by atoms with Crippen LogP contribution in [-0.2, 0) is 8.85 Å². The van der Waals surface area contributed by atoms with Crippen LogP contribution in [0.15, 0.2) is 0 Å². The summed E-state index contributed by atoms with van der Waals surface area (Å²) in [7, 11) is -3.14. The normalized spacial score (nSPS) is 15.8. The molecule has 0 bridgehead atoms. The van der Waals surface area contributed by atoms with Gasteiger partial charge >= 0.3 is 9.28 Å². The van der Waals surface area contributed by atoms with Gasteiger partial charge in [-0.25, -0.2) is 0 Å². The highest BCUT2D eigenvalue weighted by molar-refractivity contribution is 7.86. The number of rotatable bonds is 11. The van der Waals surface area contributed by atoms with Gasteiger partial charge in [0.05, 0.1) is 8.07 Å². The number of hydrogen-bond donors (Lipinski definition) is 1. The van der Waals surface area contributed by atoms with E-state index in [2.05, 4.69) is 40.4 Å². The van der Waals surface area contributed by atoms with Crippen molar-refractivity contribution in [2.45, 2.75) is 76.5 Å². The largest absolute Gasteiger partial charge is 0.396 e. The third-order valence-electron chi connectivity index (χ3n) is 3.76. The van der Waals surface area contributed by atoms with E-state index in [1.807, 2.05) is 0 Å². The highest BCUT2D eigenvalue weighted by Gasteiger charge is 2.48. The van der Waals surface area contributed by atoms with Crippen molar-refractivity contribution in [1.82, 2.24) is 0 Å². The van der Waals surface area contributed by atoms with E-state index in [-0.39, 0.29) is 3.99 Å². The lowest BCUT2D eigenvalue weighted by Crippen LogP contribution is -2.60. The van der Waals surface area contributed by atoms with Crippen LogP contribution >= 0.6 is 12.6 Å². The maximum Gasteiger partial charge on any atom is 0.334 e. The first kappa shape index (κ1) is 19.7. The first-order valence-corrected chi connectivity index (χ1v) is 13.3. The molecule has 0 aliphatic heterocycles. The number of thiol groups is 1. The third kappa shape index (κ3) is 6.33. The molecule has 0 saturated heterocycles. The first-order chi connectivity index (χ1) is 8.83. The van der Waals surface area contributed by atoms with Gasteiger partial charge < -0.3 is 8.85 Å². The SMILES string of the molecule is CCCCO[SiH](OCCCC)[C@](S)(CC)[Si](C)(C)C. The van der Waals surface area contributed by atoms with Crippen molar-refractivity contribution in [3.8, 4) is 0 Å². The predicted octanol–water partition coefficient (Wildman–Crippen LogP) is 4.34. The standard InChI is InChI=1S/C14H34O2SSi2/c1-7-10-12-15-18(16-13-11-8-2)14(17,9-3)19(4,5)6/h17-18H,7-13H2,1-6H3/t14-/m1/s1. The molecule has 0 aliphatic rings. The predicted molar refractivity (Wildman–Crippen MR) is 94.2 cm³/mol. The zero-order chi connectivity index (χ0) is 14.9. The van der Waals surface area contributed by atoms with Gasteiger partial charge in [-0.3, -0.25) is 0 Å². The van der Waals surface area contributed by atoms with Gasteiger partial charge in [0.15, 0.2) is 0 Å². The molecule has 0 aromatic carbocycles. The summed E-state index contributed by atoms with van der Waals surface area (Å²) in [5.41, 5.74) is 0. The molecular weight excluding hydrogens is 288 g/mol. The van der Waals surface area contributed by atoms with E-state index >= 15 is 0 Å². The molecule has 116 valence electrons. The maximum atomic E-state index is 6.19. The molecule has 19 heavy (non-hydrogen) atoms. The number of unbranched alkanes of at least 4 members (excludes halogenated alkanes) is 2. The molecule has 0 spiro atoms. The van der Waals surface area contributed by atoms with Crippen molar-refractivity contribution < 1.29 is 8.85 Å². The molecule has 0 aromatic rings. The highest BCUT2D eigenvalue weighted by atomic mass is 32.1. The quantitative estimate of drug-likeness (QED) is 0.347. The molecule has 5 heteroatoms. The number of hydrogen-bond acceptors (Lipinski definition) is 3. The van der Waals surface area contributed by atoms with Crippen molar-refractivity contribution in [3.05, 3.63) is 0 Å². The van der Waals surface area contributed by atoms with Crippen LogP contribution in [0.1, 0.15) is 52.9 Å². The Labute approximate surface area is 128 Å². The summed E-state index contributed by atoms with van der Waals surface area (Å²) in [6.45, 7) is 15.5. The molecule has 0 saturated carbocycles. The second-order valence-electron chi connectivity index (χ2n) is 6.31. The van der Waals surface area contributed by atoms with Gasteiger partial charge in [0.25, 0.3) is 0 Å². The molecule has 0 aliphatic carbocycles. The molecule has 0 heterocycles. The lowest BCUT2D eigenvalue weighted by atomic mass is 10.4. The van der Waals surface area contributed by atoms with Crippen molar-refractivity contribution in [1.29, 1.82) is 0 Å².